The van der Waals surface area contributed by atoms with E-state index in [2.05, 4.69) is 17.0 Å². The van der Waals surface area contributed by atoms with Gasteiger partial charge in [-0.1, -0.05) is 30.3 Å². The molecule has 0 N–H and O–H groups in total. The molecule has 1 atom stereocenters. The number of hydrogen-bond donors (Lipinski definition) is 0. The van der Waals surface area contributed by atoms with E-state index in [1.54, 1.807) is 0 Å². The predicted octanol–water partition coefficient (Wildman–Crippen LogP) is 1.34. The second-order valence-corrected chi connectivity index (χ2v) is 7.21. The van der Waals surface area contributed by atoms with Gasteiger partial charge in [-0.2, -0.15) is 5.10 Å². The molecule has 0 saturated carbocycles. The summed E-state index contributed by atoms with van der Waals surface area (Å²) >= 11 is 0. The zero-order valence-electron chi connectivity index (χ0n) is 15.5. The number of fused-ring (bicyclic) bond motifs is 1. The van der Waals surface area contributed by atoms with E-state index >= 15 is 0 Å². The first-order valence-electron chi connectivity index (χ1n) is 9.32. The summed E-state index contributed by atoms with van der Waals surface area (Å²) in [6.45, 7) is 3.65. The van der Waals surface area contributed by atoms with Crippen molar-refractivity contribution in [1.29, 1.82) is 0 Å². The Hall–Kier alpha value is -2.18. The van der Waals surface area contributed by atoms with E-state index in [9.17, 15) is 4.79 Å². The summed E-state index contributed by atoms with van der Waals surface area (Å²) < 4.78 is 7.71. The Labute approximate surface area is 154 Å². The number of rotatable bonds is 2. The van der Waals surface area contributed by atoms with Crippen LogP contribution in [-0.2, 0) is 29.4 Å². The molecule has 2 aliphatic heterocycles. The van der Waals surface area contributed by atoms with E-state index in [1.807, 2.05) is 41.9 Å². The van der Waals surface area contributed by atoms with Crippen LogP contribution in [0.4, 0.5) is 0 Å². The fourth-order valence-corrected chi connectivity index (χ4v) is 3.96. The lowest BCUT2D eigenvalue weighted by Crippen LogP contribution is -2.50. The zero-order chi connectivity index (χ0) is 18.1. The van der Waals surface area contributed by atoms with Crippen molar-refractivity contribution in [2.24, 2.45) is 7.05 Å². The van der Waals surface area contributed by atoms with Crippen molar-refractivity contribution in [3.8, 4) is 11.3 Å². The molecule has 2 aliphatic rings. The highest BCUT2D eigenvalue weighted by molar-refractivity contribution is 5.81. The first-order valence-corrected chi connectivity index (χ1v) is 9.32. The third-order valence-electron chi connectivity index (χ3n) is 5.43. The molecule has 1 aromatic carbocycles. The number of carbonyl (C=O) groups is 1. The van der Waals surface area contributed by atoms with Crippen LogP contribution in [0, 0.1) is 0 Å². The van der Waals surface area contributed by atoms with Gasteiger partial charge < -0.3 is 14.5 Å². The molecule has 0 aliphatic carbocycles. The average molecular weight is 354 g/mol. The molecular formula is C20H26N4O2. The molecule has 6 nitrogen and oxygen atoms in total. The number of ether oxygens (including phenoxy) is 1. The Bertz CT molecular complexity index is 787. The Kier molecular flexibility index (Phi) is 4.78. The summed E-state index contributed by atoms with van der Waals surface area (Å²) in [5.41, 5.74) is 4.70. The van der Waals surface area contributed by atoms with E-state index in [0.29, 0.717) is 13.2 Å². The van der Waals surface area contributed by atoms with Crippen LogP contribution < -0.4 is 0 Å². The fraction of sp³-hybridized carbons (Fsp3) is 0.500. The summed E-state index contributed by atoms with van der Waals surface area (Å²) in [7, 11) is 4.04. The lowest BCUT2D eigenvalue weighted by molar-refractivity contribution is -0.148. The van der Waals surface area contributed by atoms with Gasteiger partial charge in [-0.3, -0.25) is 9.48 Å². The van der Waals surface area contributed by atoms with Crippen LogP contribution in [0.25, 0.3) is 11.3 Å². The molecule has 26 heavy (non-hydrogen) atoms. The van der Waals surface area contributed by atoms with Gasteiger partial charge >= 0.3 is 0 Å². The number of aryl methyl sites for hydroxylation is 1. The fourth-order valence-electron chi connectivity index (χ4n) is 3.96. The largest absolute Gasteiger partial charge is 0.366 e. The molecule has 1 saturated heterocycles. The summed E-state index contributed by atoms with van der Waals surface area (Å²) in [4.78, 5) is 17.0. The number of hydrogen-bond acceptors (Lipinski definition) is 4. The molecule has 1 amide bonds. The number of carbonyl (C=O) groups excluding carboxylic acids is 1. The first kappa shape index (κ1) is 17.2. The third-order valence-corrected chi connectivity index (χ3v) is 5.43. The van der Waals surface area contributed by atoms with Gasteiger partial charge in [0.05, 0.1) is 12.3 Å². The summed E-state index contributed by atoms with van der Waals surface area (Å²) in [6.07, 6.45) is 1.34. The van der Waals surface area contributed by atoms with Gasteiger partial charge in [0.1, 0.15) is 6.10 Å². The number of likely N-dealkylation sites (N-methyl/N-ethyl adjacent to an activating group) is 1. The van der Waals surface area contributed by atoms with Crippen molar-refractivity contribution < 1.29 is 9.53 Å². The maximum Gasteiger partial charge on any atom is 0.253 e. The maximum absolute atomic E-state index is 12.9. The standard InChI is InChI=1S/C20H26N4O2/c1-22-12-13-26-18(14-22)20(25)24-10-8-16-17(9-11-24)23(2)21-19(16)15-6-4-3-5-7-15/h3-7,18H,8-14H2,1-2H3. The van der Waals surface area contributed by atoms with Crippen molar-refractivity contribution in [3.05, 3.63) is 41.6 Å². The molecule has 4 rings (SSSR count). The van der Waals surface area contributed by atoms with Crippen LogP contribution in [0.1, 0.15) is 11.3 Å². The highest BCUT2D eigenvalue weighted by Gasteiger charge is 2.31. The van der Waals surface area contributed by atoms with Crippen LogP contribution in [0.15, 0.2) is 30.3 Å². The molecule has 3 heterocycles. The third kappa shape index (κ3) is 3.27. The monoisotopic (exact) mass is 354 g/mol. The highest BCUT2D eigenvalue weighted by Crippen LogP contribution is 2.28. The number of aromatic nitrogens is 2. The Morgan fingerprint density at radius 1 is 1.12 bits per heavy atom. The molecule has 1 unspecified atom stereocenters. The van der Waals surface area contributed by atoms with Gasteiger partial charge in [0, 0.05) is 56.5 Å². The second-order valence-electron chi connectivity index (χ2n) is 7.21. The molecule has 0 spiro atoms. The number of morpholine rings is 1. The predicted molar refractivity (Wildman–Crippen MR) is 99.9 cm³/mol. The van der Waals surface area contributed by atoms with E-state index in [0.717, 1.165) is 43.7 Å². The van der Waals surface area contributed by atoms with Gasteiger partial charge in [0.15, 0.2) is 0 Å². The minimum Gasteiger partial charge on any atom is -0.366 e. The number of amides is 1. The van der Waals surface area contributed by atoms with Crippen LogP contribution in [0.3, 0.4) is 0 Å². The lowest BCUT2D eigenvalue weighted by atomic mass is 10.0. The van der Waals surface area contributed by atoms with Crippen molar-refractivity contribution in [3.63, 3.8) is 0 Å². The second kappa shape index (κ2) is 7.21. The zero-order valence-corrected chi connectivity index (χ0v) is 15.5. The SMILES string of the molecule is CN1CCOC(C(=O)N2CCc3c(-c4ccccc4)nn(C)c3CC2)C1. The van der Waals surface area contributed by atoms with Crippen molar-refractivity contribution in [2.75, 3.05) is 39.8 Å². The van der Waals surface area contributed by atoms with Crippen LogP contribution in [0.5, 0.6) is 0 Å². The quantitative estimate of drug-likeness (QED) is 0.817. The number of benzene rings is 1. The van der Waals surface area contributed by atoms with Crippen molar-refractivity contribution in [1.82, 2.24) is 19.6 Å². The molecule has 138 valence electrons. The van der Waals surface area contributed by atoms with Gasteiger partial charge in [0.2, 0.25) is 0 Å². The lowest BCUT2D eigenvalue weighted by Gasteiger charge is -2.32. The summed E-state index contributed by atoms with van der Waals surface area (Å²) in [6, 6.07) is 10.3. The van der Waals surface area contributed by atoms with Crippen molar-refractivity contribution >= 4 is 5.91 Å². The molecule has 2 aromatic rings. The Morgan fingerprint density at radius 2 is 1.88 bits per heavy atom. The Balaban J connectivity index is 1.53. The minimum absolute atomic E-state index is 0.124. The maximum atomic E-state index is 12.9. The Morgan fingerprint density at radius 3 is 2.65 bits per heavy atom. The molecule has 1 fully saturated rings. The molecule has 6 heteroatoms. The molecular weight excluding hydrogens is 328 g/mol. The summed E-state index contributed by atoms with van der Waals surface area (Å²) in [5, 5.41) is 4.76. The average Bonchev–Trinajstić information content (AvgIpc) is 2.83. The molecule has 0 radical (unpaired) electrons. The van der Waals surface area contributed by atoms with E-state index in [-0.39, 0.29) is 12.0 Å². The topological polar surface area (TPSA) is 50.6 Å². The van der Waals surface area contributed by atoms with Crippen LogP contribution in [0.2, 0.25) is 0 Å². The first-order chi connectivity index (χ1) is 12.6. The highest BCUT2D eigenvalue weighted by atomic mass is 16.5. The van der Waals surface area contributed by atoms with Gasteiger partial charge in [0.25, 0.3) is 5.91 Å². The van der Waals surface area contributed by atoms with E-state index < -0.39 is 0 Å². The van der Waals surface area contributed by atoms with Crippen LogP contribution >= 0.6 is 0 Å². The minimum atomic E-state index is -0.332. The van der Waals surface area contributed by atoms with E-state index in [4.69, 9.17) is 9.84 Å². The van der Waals surface area contributed by atoms with Gasteiger partial charge in [-0.05, 0) is 13.5 Å². The van der Waals surface area contributed by atoms with Crippen LogP contribution in [-0.4, -0.2) is 71.4 Å². The molecule has 1 aromatic heterocycles. The van der Waals surface area contributed by atoms with E-state index in [1.165, 1.54) is 11.3 Å². The van der Waals surface area contributed by atoms with Crippen molar-refractivity contribution in [2.45, 2.75) is 18.9 Å². The van der Waals surface area contributed by atoms with Gasteiger partial charge in [-0.25, -0.2) is 0 Å². The summed E-state index contributed by atoms with van der Waals surface area (Å²) in [5.74, 6) is 0.124. The number of nitrogens with zero attached hydrogens (tertiary/aromatic N) is 4. The molecule has 0 bridgehead atoms. The van der Waals surface area contributed by atoms with Gasteiger partial charge in [-0.15, -0.1) is 0 Å². The normalized spacial score (nSPS) is 21.3. The smallest absolute Gasteiger partial charge is 0.253 e.